The van der Waals surface area contributed by atoms with Gasteiger partial charge in [0.25, 0.3) is 0 Å². The predicted octanol–water partition coefficient (Wildman–Crippen LogP) is 4.01. The molecule has 0 aliphatic rings. The molecule has 0 fully saturated rings. The average Bonchev–Trinajstić information content (AvgIpc) is 2.37. The first kappa shape index (κ1) is 14.2. The second kappa shape index (κ2) is 5.40. The van der Waals surface area contributed by atoms with E-state index in [1.807, 2.05) is 0 Å². The number of hydrogen-bond donors (Lipinski definition) is 1. The van der Waals surface area contributed by atoms with E-state index in [9.17, 15) is 17.6 Å². The first-order chi connectivity index (χ1) is 9.38. The van der Waals surface area contributed by atoms with Crippen LogP contribution in [-0.4, -0.2) is 0 Å². The van der Waals surface area contributed by atoms with Crippen molar-refractivity contribution in [1.82, 2.24) is 0 Å². The number of halogens is 4. The quantitative estimate of drug-likeness (QED) is 0.683. The third-order valence-corrected chi connectivity index (χ3v) is 2.72. The number of hydrogen-bond acceptors (Lipinski definition) is 2. The second-order valence-corrected chi connectivity index (χ2v) is 4.12. The van der Waals surface area contributed by atoms with Gasteiger partial charge in [-0.1, -0.05) is 6.07 Å². The summed E-state index contributed by atoms with van der Waals surface area (Å²) in [6.45, 7) is -0.149. The molecule has 20 heavy (non-hydrogen) atoms. The van der Waals surface area contributed by atoms with Gasteiger partial charge in [0.2, 0.25) is 0 Å². The lowest BCUT2D eigenvalue weighted by Gasteiger charge is -2.11. The first-order valence-corrected chi connectivity index (χ1v) is 5.71. The van der Waals surface area contributed by atoms with Crippen molar-refractivity contribution in [2.75, 3.05) is 5.73 Å². The summed E-state index contributed by atoms with van der Waals surface area (Å²) in [5.41, 5.74) is 5.24. The molecule has 0 aromatic heterocycles. The first-order valence-electron chi connectivity index (χ1n) is 5.71. The van der Waals surface area contributed by atoms with Crippen LogP contribution in [0.3, 0.4) is 0 Å². The standard InChI is InChI=1S/C14H11F4NO/c15-12-2-1-3-13(19)11(12)8-20-10-6-4-9(5-7-10)14(16,17)18/h1-7H,8,19H2. The van der Waals surface area contributed by atoms with Gasteiger partial charge in [0.05, 0.1) is 5.56 Å². The molecular weight excluding hydrogens is 274 g/mol. The normalized spacial score (nSPS) is 11.4. The van der Waals surface area contributed by atoms with Crippen LogP contribution in [0.15, 0.2) is 42.5 Å². The van der Waals surface area contributed by atoms with Crippen molar-refractivity contribution in [3.8, 4) is 5.75 Å². The molecule has 2 nitrogen and oxygen atoms in total. The van der Waals surface area contributed by atoms with Crippen molar-refractivity contribution < 1.29 is 22.3 Å². The van der Waals surface area contributed by atoms with Gasteiger partial charge in [0, 0.05) is 11.3 Å². The molecule has 2 aromatic rings. The Morgan fingerprint density at radius 1 is 1.00 bits per heavy atom. The Labute approximate surface area is 112 Å². The van der Waals surface area contributed by atoms with Crippen LogP contribution in [0.25, 0.3) is 0 Å². The fourth-order valence-corrected chi connectivity index (χ4v) is 1.62. The lowest BCUT2D eigenvalue weighted by Crippen LogP contribution is -2.05. The van der Waals surface area contributed by atoms with Crippen molar-refractivity contribution in [2.45, 2.75) is 12.8 Å². The summed E-state index contributed by atoms with van der Waals surface area (Å²) in [4.78, 5) is 0. The van der Waals surface area contributed by atoms with Crippen molar-refractivity contribution in [3.05, 3.63) is 59.4 Å². The summed E-state index contributed by atoms with van der Waals surface area (Å²) in [6, 6.07) is 8.39. The van der Waals surface area contributed by atoms with Gasteiger partial charge >= 0.3 is 6.18 Å². The minimum Gasteiger partial charge on any atom is -0.489 e. The van der Waals surface area contributed by atoms with E-state index in [1.165, 1.54) is 30.3 Å². The summed E-state index contributed by atoms with van der Waals surface area (Å²) in [7, 11) is 0. The number of rotatable bonds is 3. The molecule has 0 aliphatic heterocycles. The second-order valence-electron chi connectivity index (χ2n) is 4.12. The van der Waals surface area contributed by atoms with Gasteiger partial charge in [-0.2, -0.15) is 13.2 Å². The van der Waals surface area contributed by atoms with E-state index in [-0.39, 0.29) is 23.6 Å². The van der Waals surface area contributed by atoms with Gasteiger partial charge in [-0.25, -0.2) is 4.39 Å². The smallest absolute Gasteiger partial charge is 0.416 e. The monoisotopic (exact) mass is 285 g/mol. The van der Waals surface area contributed by atoms with Crippen LogP contribution in [0.1, 0.15) is 11.1 Å². The molecule has 0 saturated heterocycles. The van der Waals surface area contributed by atoms with Gasteiger partial charge in [-0.15, -0.1) is 0 Å². The van der Waals surface area contributed by atoms with Crippen molar-refractivity contribution >= 4 is 5.69 Å². The Morgan fingerprint density at radius 2 is 1.65 bits per heavy atom. The van der Waals surface area contributed by atoms with E-state index in [1.54, 1.807) is 0 Å². The molecule has 0 bridgehead atoms. The summed E-state index contributed by atoms with van der Waals surface area (Å²) in [5, 5.41) is 0. The number of benzene rings is 2. The number of nitrogen functional groups attached to an aromatic ring is 1. The van der Waals surface area contributed by atoms with E-state index in [4.69, 9.17) is 10.5 Å². The van der Waals surface area contributed by atoms with E-state index < -0.39 is 17.6 Å². The van der Waals surface area contributed by atoms with Gasteiger partial charge in [-0.05, 0) is 36.4 Å². The molecule has 0 saturated carbocycles. The van der Waals surface area contributed by atoms with Gasteiger partial charge in [0.15, 0.2) is 0 Å². The van der Waals surface area contributed by atoms with Gasteiger partial charge in [-0.3, -0.25) is 0 Å². The van der Waals surface area contributed by atoms with Crippen LogP contribution in [0, 0.1) is 5.82 Å². The predicted molar refractivity (Wildman–Crippen MR) is 66.6 cm³/mol. The zero-order chi connectivity index (χ0) is 14.8. The SMILES string of the molecule is Nc1cccc(F)c1COc1ccc(C(F)(F)F)cc1. The number of anilines is 1. The van der Waals surface area contributed by atoms with Crippen LogP contribution < -0.4 is 10.5 Å². The fraction of sp³-hybridized carbons (Fsp3) is 0.143. The molecule has 0 unspecified atom stereocenters. The van der Waals surface area contributed by atoms with Crippen LogP contribution in [-0.2, 0) is 12.8 Å². The zero-order valence-electron chi connectivity index (χ0n) is 10.2. The van der Waals surface area contributed by atoms with E-state index in [0.29, 0.717) is 0 Å². The Balaban J connectivity index is 2.08. The molecule has 2 N–H and O–H groups in total. The van der Waals surface area contributed by atoms with Crippen molar-refractivity contribution in [3.63, 3.8) is 0 Å². The molecule has 0 atom stereocenters. The third-order valence-electron chi connectivity index (χ3n) is 2.72. The van der Waals surface area contributed by atoms with E-state index in [2.05, 4.69) is 0 Å². The van der Waals surface area contributed by atoms with Crippen molar-refractivity contribution in [1.29, 1.82) is 0 Å². The Bertz CT molecular complexity index is 573. The summed E-state index contributed by atoms with van der Waals surface area (Å²) >= 11 is 0. The number of nitrogens with two attached hydrogens (primary N) is 1. The number of ether oxygens (including phenoxy) is 1. The van der Waals surface area contributed by atoms with E-state index >= 15 is 0 Å². The summed E-state index contributed by atoms with van der Waals surface area (Å²) < 4.78 is 55.8. The largest absolute Gasteiger partial charge is 0.489 e. The van der Waals surface area contributed by atoms with E-state index in [0.717, 1.165) is 12.1 Å². The minimum atomic E-state index is -4.39. The molecule has 2 aromatic carbocycles. The summed E-state index contributed by atoms with van der Waals surface area (Å²) in [5.74, 6) is -0.308. The van der Waals surface area contributed by atoms with Crippen molar-refractivity contribution in [2.24, 2.45) is 0 Å². The third kappa shape index (κ3) is 3.20. The highest BCUT2D eigenvalue weighted by atomic mass is 19.4. The minimum absolute atomic E-state index is 0.149. The molecule has 0 spiro atoms. The maximum atomic E-state index is 13.5. The van der Waals surface area contributed by atoms with Crippen LogP contribution >= 0.6 is 0 Å². The Kier molecular flexibility index (Phi) is 3.83. The summed E-state index contributed by atoms with van der Waals surface area (Å²) in [6.07, 6.45) is -4.39. The van der Waals surface area contributed by atoms with Crippen LogP contribution in [0.2, 0.25) is 0 Å². The highest BCUT2D eigenvalue weighted by molar-refractivity contribution is 5.47. The molecule has 0 amide bonds. The van der Waals surface area contributed by atoms with Gasteiger partial charge in [0.1, 0.15) is 18.2 Å². The highest BCUT2D eigenvalue weighted by Crippen LogP contribution is 2.30. The lowest BCUT2D eigenvalue weighted by atomic mass is 10.2. The molecular formula is C14H11F4NO. The average molecular weight is 285 g/mol. The Hall–Kier alpha value is -2.24. The van der Waals surface area contributed by atoms with Crippen LogP contribution in [0.5, 0.6) is 5.75 Å². The molecule has 0 aliphatic carbocycles. The maximum absolute atomic E-state index is 13.5. The molecule has 0 heterocycles. The van der Waals surface area contributed by atoms with Crippen LogP contribution in [0.4, 0.5) is 23.2 Å². The maximum Gasteiger partial charge on any atom is 0.416 e. The fourth-order valence-electron chi connectivity index (χ4n) is 1.62. The molecule has 2 rings (SSSR count). The molecule has 0 radical (unpaired) electrons. The number of alkyl halides is 3. The highest BCUT2D eigenvalue weighted by Gasteiger charge is 2.30. The Morgan fingerprint density at radius 3 is 2.20 bits per heavy atom. The topological polar surface area (TPSA) is 35.2 Å². The zero-order valence-corrected chi connectivity index (χ0v) is 10.2. The molecule has 106 valence electrons. The molecule has 6 heteroatoms. The van der Waals surface area contributed by atoms with Gasteiger partial charge < -0.3 is 10.5 Å². The lowest BCUT2D eigenvalue weighted by molar-refractivity contribution is -0.137.